The molecule has 0 radical (unpaired) electrons. The predicted molar refractivity (Wildman–Crippen MR) is 129 cm³/mol. The molecule has 0 aromatic heterocycles. The fraction of sp³-hybridized carbons (Fsp3) is 0.500. The summed E-state index contributed by atoms with van der Waals surface area (Å²) in [6, 6.07) is 1.94. The molecule has 1 rings (SSSR count). The standard InChI is InChI=1S/C24H34N4O8/c1-12(2)20(23(34)26-14(4)21(32)25-13(3)18(11-29)24(35)36)28-22(33)19(27-15(5)30)10-16-6-8-17(31)9-7-16/h6-9,11-14,18-20,31H,10H2,1-5H3,(H,25,32)(H,26,34)(H,27,30)(H,28,33)(H,35,36)/t13-,14+,18?,19+,20+/m1/s1. The molecular weight excluding hydrogens is 472 g/mol. The summed E-state index contributed by atoms with van der Waals surface area (Å²) in [7, 11) is 0. The molecule has 0 saturated heterocycles. The molecule has 1 aromatic carbocycles. The lowest BCUT2D eigenvalue weighted by Crippen LogP contribution is -2.58. The maximum Gasteiger partial charge on any atom is 0.315 e. The lowest BCUT2D eigenvalue weighted by Gasteiger charge is -2.27. The average molecular weight is 507 g/mol. The maximum absolute atomic E-state index is 13.0. The van der Waals surface area contributed by atoms with Gasteiger partial charge in [-0.25, -0.2) is 0 Å². The Morgan fingerprint density at radius 2 is 1.44 bits per heavy atom. The van der Waals surface area contributed by atoms with Gasteiger partial charge in [-0.15, -0.1) is 0 Å². The van der Waals surface area contributed by atoms with Crippen molar-refractivity contribution in [3.63, 3.8) is 0 Å². The summed E-state index contributed by atoms with van der Waals surface area (Å²) in [4.78, 5) is 72.0. The molecule has 5 atom stereocenters. The molecule has 4 amide bonds. The zero-order chi connectivity index (χ0) is 27.6. The van der Waals surface area contributed by atoms with Gasteiger partial charge in [0, 0.05) is 19.4 Å². The van der Waals surface area contributed by atoms with Gasteiger partial charge in [0.25, 0.3) is 0 Å². The first-order chi connectivity index (χ1) is 16.8. The molecule has 12 nitrogen and oxygen atoms in total. The number of phenols is 1. The fourth-order valence-corrected chi connectivity index (χ4v) is 3.31. The van der Waals surface area contributed by atoms with Crippen molar-refractivity contribution >= 4 is 35.9 Å². The number of carboxylic acids is 1. The van der Waals surface area contributed by atoms with Gasteiger partial charge in [0.05, 0.1) is 0 Å². The van der Waals surface area contributed by atoms with Gasteiger partial charge in [0.2, 0.25) is 23.6 Å². The number of rotatable bonds is 13. The Hall–Kier alpha value is -3.96. The van der Waals surface area contributed by atoms with Gasteiger partial charge in [0.15, 0.2) is 0 Å². The number of amides is 4. The van der Waals surface area contributed by atoms with E-state index in [1.165, 1.54) is 32.9 Å². The van der Waals surface area contributed by atoms with E-state index in [1.54, 1.807) is 26.0 Å². The average Bonchev–Trinajstić information content (AvgIpc) is 2.77. The van der Waals surface area contributed by atoms with E-state index in [2.05, 4.69) is 21.3 Å². The van der Waals surface area contributed by atoms with Gasteiger partial charge in [-0.2, -0.15) is 0 Å². The van der Waals surface area contributed by atoms with Crippen molar-refractivity contribution in [1.82, 2.24) is 21.3 Å². The van der Waals surface area contributed by atoms with Crippen molar-refractivity contribution in [2.45, 2.75) is 65.2 Å². The highest BCUT2D eigenvalue weighted by atomic mass is 16.4. The van der Waals surface area contributed by atoms with Crippen molar-refractivity contribution in [1.29, 1.82) is 0 Å². The van der Waals surface area contributed by atoms with E-state index in [0.29, 0.717) is 5.56 Å². The van der Waals surface area contributed by atoms with Crippen LogP contribution in [0.3, 0.4) is 0 Å². The smallest absolute Gasteiger partial charge is 0.315 e. The molecule has 0 aliphatic heterocycles. The van der Waals surface area contributed by atoms with Crippen LogP contribution in [0.25, 0.3) is 0 Å². The highest BCUT2D eigenvalue weighted by molar-refractivity contribution is 5.94. The third-order valence-corrected chi connectivity index (χ3v) is 5.41. The summed E-state index contributed by atoms with van der Waals surface area (Å²) in [6.07, 6.45) is 0.320. The molecule has 6 N–H and O–H groups in total. The molecule has 1 unspecified atom stereocenters. The van der Waals surface area contributed by atoms with Crippen LogP contribution in [0.2, 0.25) is 0 Å². The van der Waals surface area contributed by atoms with Crippen LogP contribution >= 0.6 is 0 Å². The van der Waals surface area contributed by atoms with Crippen LogP contribution in [0, 0.1) is 11.8 Å². The van der Waals surface area contributed by atoms with Crippen LogP contribution in [0.4, 0.5) is 0 Å². The van der Waals surface area contributed by atoms with E-state index < -0.39 is 59.7 Å². The third kappa shape index (κ3) is 9.35. The first kappa shape index (κ1) is 30.1. The predicted octanol–water partition coefficient (Wildman–Crippen LogP) is -0.511. The van der Waals surface area contributed by atoms with Crippen molar-refractivity contribution < 1.29 is 39.0 Å². The molecule has 1 aromatic rings. The molecule has 0 fully saturated rings. The highest BCUT2D eigenvalue weighted by Crippen LogP contribution is 2.12. The van der Waals surface area contributed by atoms with Gasteiger partial charge in [-0.1, -0.05) is 26.0 Å². The van der Waals surface area contributed by atoms with Crippen LogP contribution in [0.1, 0.15) is 40.2 Å². The molecule has 12 heteroatoms. The van der Waals surface area contributed by atoms with Gasteiger partial charge in [-0.3, -0.25) is 24.0 Å². The number of hydrogen-bond acceptors (Lipinski definition) is 7. The van der Waals surface area contributed by atoms with Crippen LogP contribution in [0.15, 0.2) is 24.3 Å². The summed E-state index contributed by atoms with van der Waals surface area (Å²) in [5.74, 6) is -5.61. The van der Waals surface area contributed by atoms with Crippen molar-refractivity contribution in [3.05, 3.63) is 29.8 Å². The second-order valence-corrected chi connectivity index (χ2v) is 8.88. The molecule has 198 valence electrons. The molecule has 0 aliphatic rings. The Labute approximate surface area is 209 Å². The molecular formula is C24H34N4O8. The molecule has 0 spiro atoms. The number of aromatic hydroxyl groups is 1. The van der Waals surface area contributed by atoms with Crippen molar-refractivity contribution in [2.75, 3.05) is 0 Å². The normalized spacial score (nSPS) is 14.9. The lowest BCUT2D eigenvalue weighted by atomic mass is 10.0. The number of aliphatic carboxylic acids is 1. The van der Waals surface area contributed by atoms with E-state index in [4.69, 9.17) is 5.11 Å². The Kier molecular flexibility index (Phi) is 11.5. The number of nitrogens with one attached hydrogen (secondary N) is 4. The largest absolute Gasteiger partial charge is 0.508 e. The minimum Gasteiger partial charge on any atom is -0.508 e. The topological polar surface area (TPSA) is 191 Å². The van der Waals surface area contributed by atoms with Crippen molar-refractivity contribution in [3.8, 4) is 5.75 Å². The molecule has 0 bridgehead atoms. The first-order valence-corrected chi connectivity index (χ1v) is 11.4. The van der Waals surface area contributed by atoms with Crippen LogP contribution in [-0.4, -0.2) is 70.3 Å². The Balaban J connectivity index is 2.89. The lowest BCUT2D eigenvalue weighted by molar-refractivity contribution is -0.145. The van der Waals surface area contributed by atoms with E-state index in [-0.39, 0.29) is 24.4 Å². The van der Waals surface area contributed by atoms with Gasteiger partial charge >= 0.3 is 5.97 Å². The number of carboxylic acid groups (broad SMARTS) is 1. The highest BCUT2D eigenvalue weighted by Gasteiger charge is 2.31. The number of benzene rings is 1. The van der Waals surface area contributed by atoms with Crippen LogP contribution in [-0.2, 0) is 35.2 Å². The third-order valence-electron chi connectivity index (χ3n) is 5.41. The summed E-state index contributed by atoms with van der Waals surface area (Å²) in [6.45, 7) is 7.36. The number of carbonyl (C=O) groups excluding carboxylic acids is 5. The fourth-order valence-electron chi connectivity index (χ4n) is 3.31. The van der Waals surface area contributed by atoms with Crippen molar-refractivity contribution in [2.24, 2.45) is 11.8 Å². The number of phenolic OH excluding ortho intramolecular Hbond substituents is 1. The summed E-state index contributed by atoms with van der Waals surface area (Å²) < 4.78 is 0. The monoisotopic (exact) mass is 506 g/mol. The van der Waals surface area contributed by atoms with Gasteiger partial charge < -0.3 is 36.3 Å². The summed E-state index contributed by atoms with van der Waals surface area (Å²) in [5.41, 5.74) is 0.668. The summed E-state index contributed by atoms with van der Waals surface area (Å²) in [5, 5.41) is 28.5. The zero-order valence-electron chi connectivity index (χ0n) is 20.9. The van der Waals surface area contributed by atoms with Crippen LogP contribution in [0.5, 0.6) is 5.75 Å². The van der Waals surface area contributed by atoms with E-state index in [0.717, 1.165) is 0 Å². The second-order valence-electron chi connectivity index (χ2n) is 8.88. The number of aldehydes is 1. The minimum absolute atomic E-state index is 0.0491. The zero-order valence-corrected chi connectivity index (χ0v) is 20.9. The molecule has 0 saturated carbocycles. The Morgan fingerprint density at radius 1 is 0.861 bits per heavy atom. The molecule has 0 heterocycles. The van der Waals surface area contributed by atoms with Gasteiger partial charge in [0.1, 0.15) is 36.1 Å². The Bertz CT molecular complexity index is 963. The maximum atomic E-state index is 13.0. The summed E-state index contributed by atoms with van der Waals surface area (Å²) >= 11 is 0. The first-order valence-electron chi connectivity index (χ1n) is 11.4. The van der Waals surface area contributed by atoms with E-state index >= 15 is 0 Å². The molecule has 0 aliphatic carbocycles. The minimum atomic E-state index is -1.45. The van der Waals surface area contributed by atoms with E-state index in [1.807, 2.05) is 0 Å². The second kappa shape index (κ2) is 13.8. The van der Waals surface area contributed by atoms with E-state index in [9.17, 15) is 33.9 Å². The quantitative estimate of drug-likeness (QED) is 0.152. The number of carbonyl (C=O) groups is 6. The Morgan fingerprint density at radius 3 is 1.92 bits per heavy atom. The molecule has 36 heavy (non-hydrogen) atoms. The SMILES string of the molecule is CC(=O)N[C@@H](Cc1ccc(O)cc1)C(=O)N[C@H](C(=O)N[C@@H](C)C(=O)N[C@H](C)C(C=O)C(=O)O)C(C)C. The van der Waals surface area contributed by atoms with Gasteiger partial charge in [-0.05, 0) is 37.5 Å². The van der Waals surface area contributed by atoms with Crippen LogP contribution < -0.4 is 21.3 Å². The number of hydrogen-bond donors (Lipinski definition) is 6.